The number of phenolic OH excluding ortho intramolecular Hbond substituents is 1. The molecule has 19 heavy (non-hydrogen) atoms. The molecule has 0 aliphatic heterocycles. The quantitative estimate of drug-likeness (QED) is 0.661. The van der Waals surface area contributed by atoms with Crippen LogP contribution in [0.25, 0.3) is 0 Å². The number of esters is 1. The van der Waals surface area contributed by atoms with E-state index >= 15 is 0 Å². The number of carbonyl (C=O) groups excluding carboxylic acids is 1. The van der Waals surface area contributed by atoms with Crippen LogP contribution in [0.3, 0.4) is 0 Å². The number of benzene rings is 1. The van der Waals surface area contributed by atoms with E-state index < -0.39 is 30.8 Å². The molecule has 1 aromatic carbocycles. The van der Waals surface area contributed by atoms with Crippen LogP contribution in [0.2, 0.25) is 4.82 Å². The van der Waals surface area contributed by atoms with Gasteiger partial charge in [0.15, 0.2) is 0 Å². The standard InChI is InChI=1S/C12H13F3O3Se/c1-2-18-11(17)10(19-12(13,14)15)7-8-3-5-9(16)6-4-8/h3-6,10,16H,2,7H2,1H3. The van der Waals surface area contributed by atoms with Crippen LogP contribution < -0.4 is 0 Å². The Morgan fingerprint density at radius 2 is 1.95 bits per heavy atom. The van der Waals surface area contributed by atoms with Crippen molar-refractivity contribution in [2.24, 2.45) is 0 Å². The fourth-order valence-electron chi connectivity index (χ4n) is 1.42. The monoisotopic (exact) mass is 342 g/mol. The van der Waals surface area contributed by atoms with Crippen molar-refractivity contribution in [2.45, 2.75) is 23.2 Å². The summed E-state index contributed by atoms with van der Waals surface area (Å²) in [6.45, 7) is 1.61. The summed E-state index contributed by atoms with van der Waals surface area (Å²) >= 11 is -1.84. The number of alkyl halides is 3. The maximum atomic E-state index is 12.5. The molecule has 3 nitrogen and oxygen atoms in total. The number of hydrogen-bond donors (Lipinski definition) is 1. The normalized spacial score (nSPS) is 13.1. The third-order valence-corrected chi connectivity index (χ3v) is 4.09. The van der Waals surface area contributed by atoms with E-state index in [1.807, 2.05) is 0 Å². The molecule has 106 valence electrons. The SMILES string of the molecule is CCOC(=O)C(Cc1ccc(O)cc1)[Se]C(F)(F)F. The van der Waals surface area contributed by atoms with Crippen LogP contribution in [0.5, 0.6) is 5.75 Å². The van der Waals surface area contributed by atoms with E-state index in [4.69, 9.17) is 5.11 Å². The first kappa shape index (κ1) is 15.9. The van der Waals surface area contributed by atoms with Crippen molar-refractivity contribution in [3.05, 3.63) is 29.8 Å². The molecule has 0 aliphatic carbocycles. The molecule has 0 aromatic heterocycles. The number of ether oxygens (including phenoxy) is 1. The molecule has 0 aliphatic rings. The van der Waals surface area contributed by atoms with Crippen LogP contribution >= 0.6 is 0 Å². The van der Waals surface area contributed by atoms with E-state index in [0.29, 0.717) is 5.56 Å². The van der Waals surface area contributed by atoms with Crippen molar-refractivity contribution in [3.63, 3.8) is 0 Å². The Balaban J connectivity index is 2.78. The van der Waals surface area contributed by atoms with E-state index in [1.54, 1.807) is 6.92 Å². The van der Waals surface area contributed by atoms with Crippen molar-refractivity contribution in [3.8, 4) is 5.75 Å². The zero-order valence-corrected chi connectivity index (χ0v) is 11.8. The van der Waals surface area contributed by atoms with Gasteiger partial charge in [0, 0.05) is 0 Å². The molecule has 1 unspecified atom stereocenters. The minimum absolute atomic E-state index is 0.0257. The average molecular weight is 341 g/mol. The summed E-state index contributed by atoms with van der Waals surface area (Å²) in [6, 6.07) is 5.73. The summed E-state index contributed by atoms with van der Waals surface area (Å²) in [6.07, 6.45) is -0.0430. The number of halogens is 3. The van der Waals surface area contributed by atoms with Crippen molar-refractivity contribution < 1.29 is 27.8 Å². The molecule has 1 atom stereocenters. The van der Waals surface area contributed by atoms with Crippen molar-refractivity contribution in [1.29, 1.82) is 0 Å². The van der Waals surface area contributed by atoms with Crippen molar-refractivity contribution in [1.82, 2.24) is 0 Å². The van der Waals surface area contributed by atoms with Gasteiger partial charge in [-0.25, -0.2) is 0 Å². The van der Waals surface area contributed by atoms with Gasteiger partial charge in [0.2, 0.25) is 0 Å². The summed E-state index contributed by atoms with van der Waals surface area (Å²) in [4.78, 5) is 10.3. The Morgan fingerprint density at radius 1 is 1.37 bits per heavy atom. The van der Waals surface area contributed by atoms with Crippen molar-refractivity contribution >= 4 is 20.9 Å². The number of phenols is 1. The number of hydrogen-bond acceptors (Lipinski definition) is 3. The molecule has 0 amide bonds. The van der Waals surface area contributed by atoms with Crippen LogP contribution in [-0.2, 0) is 16.0 Å². The Bertz CT molecular complexity index is 417. The number of rotatable bonds is 5. The number of carbonyl (C=O) groups is 1. The molecule has 0 saturated carbocycles. The van der Waals surface area contributed by atoms with Gasteiger partial charge in [0.1, 0.15) is 0 Å². The maximum absolute atomic E-state index is 12.5. The fraction of sp³-hybridized carbons (Fsp3) is 0.417. The minimum atomic E-state index is -4.36. The molecule has 0 fully saturated rings. The van der Waals surface area contributed by atoms with E-state index in [9.17, 15) is 18.0 Å². The first-order valence-corrected chi connectivity index (χ1v) is 7.35. The summed E-state index contributed by atoms with van der Waals surface area (Å²) in [5.74, 6) is -0.800. The second-order valence-electron chi connectivity index (χ2n) is 3.67. The topological polar surface area (TPSA) is 46.5 Å². The summed E-state index contributed by atoms with van der Waals surface area (Å²) in [5.41, 5.74) is 0.557. The zero-order valence-electron chi connectivity index (χ0n) is 10.1. The van der Waals surface area contributed by atoms with Gasteiger partial charge in [-0.15, -0.1) is 0 Å². The van der Waals surface area contributed by atoms with Gasteiger partial charge in [-0.05, 0) is 0 Å². The molecular weight excluding hydrogens is 328 g/mol. The van der Waals surface area contributed by atoms with E-state index in [0.717, 1.165) is 0 Å². The third kappa shape index (κ3) is 5.98. The van der Waals surface area contributed by atoms with Gasteiger partial charge in [0.25, 0.3) is 0 Å². The van der Waals surface area contributed by atoms with Crippen molar-refractivity contribution in [2.75, 3.05) is 6.61 Å². The molecule has 0 spiro atoms. The Morgan fingerprint density at radius 3 is 2.42 bits per heavy atom. The van der Waals surface area contributed by atoms with E-state index in [1.165, 1.54) is 24.3 Å². The molecule has 0 saturated heterocycles. The predicted octanol–water partition coefficient (Wildman–Crippen LogP) is 2.51. The van der Waals surface area contributed by atoms with Gasteiger partial charge in [-0.1, -0.05) is 0 Å². The first-order chi connectivity index (χ1) is 8.81. The molecule has 1 aromatic rings. The summed E-state index contributed by atoms with van der Waals surface area (Å²) in [7, 11) is 0. The second kappa shape index (κ2) is 6.82. The van der Waals surface area contributed by atoms with E-state index in [-0.39, 0.29) is 18.8 Å². The van der Waals surface area contributed by atoms with Gasteiger partial charge in [0.05, 0.1) is 0 Å². The first-order valence-electron chi connectivity index (χ1n) is 5.51. The van der Waals surface area contributed by atoms with Gasteiger partial charge in [-0.3, -0.25) is 0 Å². The molecule has 7 heteroatoms. The van der Waals surface area contributed by atoms with Crippen LogP contribution in [-0.4, -0.2) is 37.7 Å². The van der Waals surface area contributed by atoms with Gasteiger partial charge < -0.3 is 0 Å². The second-order valence-corrected chi connectivity index (χ2v) is 6.33. The molecule has 0 bridgehead atoms. The van der Waals surface area contributed by atoms with Gasteiger partial charge >= 0.3 is 114 Å². The summed E-state index contributed by atoms with van der Waals surface area (Å²) in [5, 5.41) is 4.74. The molecule has 0 heterocycles. The fourth-order valence-corrected chi connectivity index (χ4v) is 3.02. The van der Waals surface area contributed by atoms with Crippen LogP contribution in [0, 0.1) is 0 Å². The van der Waals surface area contributed by atoms with Crippen LogP contribution in [0.15, 0.2) is 24.3 Å². The number of aromatic hydroxyl groups is 1. The molecule has 1 rings (SSSR count). The van der Waals surface area contributed by atoms with E-state index in [2.05, 4.69) is 4.74 Å². The van der Waals surface area contributed by atoms with Gasteiger partial charge in [-0.2, -0.15) is 0 Å². The summed E-state index contributed by atoms with van der Waals surface area (Å²) < 4.78 is 42.0. The van der Waals surface area contributed by atoms with Crippen LogP contribution in [0.1, 0.15) is 12.5 Å². The Kier molecular flexibility index (Phi) is 5.69. The average Bonchev–Trinajstić information content (AvgIpc) is 2.30. The predicted molar refractivity (Wildman–Crippen MR) is 64.0 cm³/mol. The Labute approximate surface area is 114 Å². The molecule has 0 radical (unpaired) electrons. The Hall–Kier alpha value is -1.20. The molecular formula is C12H13F3O3Se. The third-order valence-electron chi connectivity index (χ3n) is 2.18. The zero-order chi connectivity index (χ0) is 14.5. The molecule has 1 N–H and O–H groups in total. The van der Waals surface area contributed by atoms with Crippen LogP contribution in [0.4, 0.5) is 13.2 Å².